The fourth-order valence-corrected chi connectivity index (χ4v) is 4.32. The molecular formula is C25H22ClFN4O2S. The molecule has 0 N–H and O–H groups in total. The number of ether oxygens (including phenoxy) is 1. The molecule has 0 bridgehead atoms. The zero-order chi connectivity index (χ0) is 23.9. The second-order valence-corrected chi connectivity index (χ2v) is 8.80. The molecule has 4 aromatic rings. The van der Waals surface area contributed by atoms with Crippen LogP contribution in [0.3, 0.4) is 0 Å². The highest BCUT2D eigenvalue weighted by molar-refractivity contribution is 7.99. The van der Waals surface area contributed by atoms with Crippen LogP contribution in [0.5, 0.6) is 5.75 Å². The molecule has 6 nitrogen and oxygen atoms in total. The van der Waals surface area contributed by atoms with E-state index in [9.17, 15) is 9.18 Å². The first kappa shape index (κ1) is 23.8. The van der Waals surface area contributed by atoms with Crippen molar-refractivity contribution in [1.29, 1.82) is 0 Å². The molecule has 9 heteroatoms. The molecule has 0 saturated heterocycles. The van der Waals surface area contributed by atoms with Crippen molar-refractivity contribution >= 4 is 29.3 Å². The van der Waals surface area contributed by atoms with Crippen LogP contribution in [0.1, 0.15) is 11.4 Å². The normalized spacial score (nSPS) is 10.8. The molecule has 1 heterocycles. The lowest BCUT2D eigenvalue weighted by molar-refractivity contribution is -0.127. The number of hydrogen-bond acceptors (Lipinski definition) is 5. The number of amides is 1. The summed E-state index contributed by atoms with van der Waals surface area (Å²) < 4.78 is 20.9. The van der Waals surface area contributed by atoms with Crippen molar-refractivity contribution in [2.45, 2.75) is 18.3 Å². The molecule has 1 aromatic heterocycles. The van der Waals surface area contributed by atoms with Crippen molar-refractivity contribution in [3.05, 3.63) is 101 Å². The first-order chi connectivity index (χ1) is 16.5. The van der Waals surface area contributed by atoms with Gasteiger partial charge in [0.05, 0.1) is 10.8 Å². The van der Waals surface area contributed by atoms with Crippen LogP contribution in [-0.2, 0) is 17.9 Å². The van der Waals surface area contributed by atoms with Gasteiger partial charge in [0, 0.05) is 19.3 Å². The van der Waals surface area contributed by atoms with E-state index < -0.39 is 0 Å². The molecule has 0 aliphatic rings. The Morgan fingerprint density at radius 2 is 1.74 bits per heavy atom. The van der Waals surface area contributed by atoms with Gasteiger partial charge in [-0.2, -0.15) is 0 Å². The zero-order valence-corrected chi connectivity index (χ0v) is 20.0. The fourth-order valence-electron chi connectivity index (χ4n) is 3.22. The van der Waals surface area contributed by atoms with Crippen LogP contribution in [0.4, 0.5) is 4.39 Å². The highest BCUT2D eigenvalue weighted by Crippen LogP contribution is 2.26. The number of hydrogen-bond donors (Lipinski definition) is 0. The maximum atomic E-state index is 13.1. The van der Waals surface area contributed by atoms with Crippen LogP contribution in [0.25, 0.3) is 5.69 Å². The van der Waals surface area contributed by atoms with Gasteiger partial charge in [-0.1, -0.05) is 65.8 Å². The molecular weight excluding hydrogens is 475 g/mol. The number of carbonyl (C=O) groups excluding carboxylic acids is 1. The minimum atomic E-state index is -0.303. The summed E-state index contributed by atoms with van der Waals surface area (Å²) in [6, 6.07) is 23.0. The summed E-state index contributed by atoms with van der Waals surface area (Å²) in [6.07, 6.45) is 0. The maximum absolute atomic E-state index is 13.1. The second-order valence-electron chi connectivity index (χ2n) is 7.45. The number of aromatic nitrogens is 3. The Labute approximate surface area is 206 Å². The number of halogens is 2. The highest BCUT2D eigenvalue weighted by Gasteiger charge is 2.18. The van der Waals surface area contributed by atoms with Crippen molar-refractivity contribution in [3.8, 4) is 11.4 Å². The minimum Gasteiger partial charge on any atom is -0.484 e. The van der Waals surface area contributed by atoms with Gasteiger partial charge >= 0.3 is 0 Å². The molecule has 0 atom stereocenters. The maximum Gasteiger partial charge on any atom is 0.233 e. The first-order valence-electron chi connectivity index (χ1n) is 10.5. The number of rotatable bonds is 9. The minimum absolute atomic E-state index is 0.0780. The summed E-state index contributed by atoms with van der Waals surface area (Å²) in [5, 5.41) is 9.69. The third kappa shape index (κ3) is 5.95. The lowest BCUT2D eigenvalue weighted by Crippen LogP contribution is -2.27. The third-order valence-corrected chi connectivity index (χ3v) is 6.22. The van der Waals surface area contributed by atoms with Gasteiger partial charge in [-0.15, -0.1) is 10.2 Å². The average Bonchev–Trinajstić information content (AvgIpc) is 3.26. The second kappa shape index (κ2) is 11.2. The van der Waals surface area contributed by atoms with Gasteiger partial charge in [0.1, 0.15) is 18.2 Å². The van der Waals surface area contributed by atoms with Crippen LogP contribution in [0, 0.1) is 5.82 Å². The standard InChI is InChI=1S/C25H22ClFN4O2S/c1-30(15-18-11-13-19(27)14-12-18)24(32)17-34-25-29-28-23(31(25)20-7-3-2-4-8-20)16-33-22-10-6-5-9-21(22)26/h2-14H,15-17H2,1H3. The largest absolute Gasteiger partial charge is 0.484 e. The molecule has 1 amide bonds. The number of benzene rings is 3. The molecule has 3 aromatic carbocycles. The molecule has 0 saturated carbocycles. The molecule has 0 radical (unpaired) electrons. The Hall–Kier alpha value is -3.36. The van der Waals surface area contributed by atoms with Crippen LogP contribution >= 0.6 is 23.4 Å². The predicted molar refractivity (Wildman–Crippen MR) is 131 cm³/mol. The molecule has 174 valence electrons. The van der Waals surface area contributed by atoms with Gasteiger partial charge < -0.3 is 9.64 Å². The van der Waals surface area contributed by atoms with Crippen molar-refractivity contribution in [3.63, 3.8) is 0 Å². The van der Waals surface area contributed by atoms with Gasteiger partial charge in [0.15, 0.2) is 11.0 Å². The molecule has 0 spiro atoms. The van der Waals surface area contributed by atoms with E-state index in [2.05, 4.69) is 10.2 Å². The van der Waals surface area contributed by atoms with Crippen LogP contribution < -0.4 is 4.74 Å². The van der Waals surface area contributed by atoms with E-state index in [0.717, 1.165) is 11.3 Å². The number of carbonyl (C=O) groups is 1. The van der Waals surface area contributed by atoms with Crippen molar-refractivity contribution in [2.75, 3.05) is 12.8 Å². The zero-order valence-electron chi connectivity index (χ0n) is 18.4. The summed E-state index contributed by atoms with van der Waals surface area (Å²) in [7, 11) is 1.72. The van der Waals surface area contributed by atoms with E-state index in [1.807, 2.05) is 47.0 Å². The molecule has 0 fully saturated rings. The molecule has 4 rings (SSSR count). The van der Waals surface area contributed by atoms with Crippen LogP contribution in [0.2, 0.25) is 5.02 Å². The Bertz CT molecular complexity index is 1250. The SMILES string of the molecule is CN(Cc1ccc(F)cc1)C(=O)CSc1nnc(COc2ccccc2Cl)n1-c1ccccc1. The van der Waals surface area contributed by atoms with Gasteiger partial charge in [0.2, 0.25) is 5.91 Å². The quantitative estimate of drug-likeness (QED) is 0.291. The van der Waals surface area contributed by atoms with Gasteiger partial charge in [-0.25, -0.2) is 4.39 Å². The smallest absolute Gasteiger partial charge is 0.233 e. The van der Waals surface area contributed by atoms with Gasteiger partial charge in [-0.05, 0) is 42.0 Å². The van der Waals surface area contributed by atoms with Crippen molar-refractivity contribution in [1.82, 2.24) is 19.7 Å². The summed E-state index contributed by atoms with van der Waals surface area (Å²) in [5.41, 5.74) is 1.72. The Morgan fingerprint density at radius 1 is 1.03 bits per heavy atom. The van der Waals surface area contributed by atoms with E-state index in [0.29, 0.717) is 28.3 Å². The molecule has 34 heavy (non-hydrogen) atoms. The van der Waals surface area contributed by atoms with Crippen LogP contribution in [-0.4, -0.2) is 38.4 Å². The van der Waals surface area contributed by atoms with E-state index >= 15 is 0 Å². The summed E-state index contributed by atoms with van der Waals surface area (Å²) >= 11 is 7.49. The highest BCUT2D eigenvalue weighted by atomic mass is 35.5. The fraction of sp³-hybridized carbons (Fsp3) is 0.160. The van der Waals surface area contributed by atoms with Crippen LogP contribution in [0.15, 0.2) is 84.0 Å². The summed E-state index contributed by atoms with van der Waals surface area (Å²) in [6.45, 7) is 0.548. The monoisotopic (exact) mass is 496 g/mol. The number of para-hydroxylation sites is 2. The lowest BCUT2D eigenvalue weighted by Gasteiger charge is -2.17. The summed E-state index contributed by atoms with van der Waals surface area (Å²) in [4.78, 5) is 14.3. The number of thioether (sulfide) groups is 1. The third-order valence-electron chi connectivity index (χ3n) is 4.99. The molecule has 0 aliphatic heterocycles. The topological polar surface area (TPSA) is 60.3 Å². The number of nitrogens with zero attached hydrogens (tertiary/aromatic N) is 4. The van der Waals surface area contributed by atoms with E-state index in [1.54, 1.807) is 36.2 Å². The Morgan fingerprint density at radius 3 is 2.47 bits per heavy atom. The van der Waals surface area contributed by atoms with E-state index in [4.69, 9.17) is 16.3 Å². The average molecular weight is 497 g/mol. The van der Waals surface area contributed by atoms with Crippen molar-refractivity contribution < 1.29 is 13.9 Å². The van der Waals surface area contributed by atoms with E-state index in [-0.39, 0.29) is 24.1 Å². The predicted octanol–water partition coefficient (Wildman–Crippen LogP) is 5.39. The Kier molecular flexibility index (Phi) is 7.82. The van der Waals surface area contributed by atoms with E-state index in [1.165, 1.54) is 23.9 Å². The summed E-state index contributed by atoms with van der Waals surface area (Å²) in [5.74, 6) is 0.932. The lowest BCUT2D eigenvalue weighted by atomic mass is 10.2. The van der Waals surface area contributed by atoms with Gasteiger partial charge in [0.25, 0.3) is 0 Å². The van der Waals surface area contributed by atoms with Gasteiger partial charge in [-0.3, -0.25) is 9.36 Å². The first-order valence-corrected chi connectivity index (χ1v) is 11.9. The Balaban J connectivity index is 1.47. The van der Waals surface area contributed by atoms with Crippen molar-refractivity contribution in [2.24, 2.45) is 0 Å². The molecule has 0 aliphatic carbocycles. The molecule has 0 unspecified atom stereocenters.